The molecule has 0 amide bonds. The van der Waals surface area contributed by atoms with Crippen LogP contribution < -0.4 is 5.32 Å². The van der Waals surface area contributed by atoms with E-state index in [1.807, 2.05) is 31.2 Å². The first-order chi connectivity index (χ1) is 24.7. The quantitative estimate of drug-likeness (QED) is 0.179. The van der Waals surface area contributed by atoms with E-state index in [1.165, 1.54) is 25.1 Å². The lowest BCUT2D eigenvalue weighted by atomic mass is 9.96. The summed E-state index contributed by atoms with van der Waals surface area (Å²) < 4.78 is 9.82. The summed E-state index contributed by atoms with van der Waals surface area (Å²) in [6.07, 6.45) is 15.2. The van der Waals surface area contributed by atoms with Gasteiger partial charge in [0.15, 0.2) is 0 Å². The first kappa shape index (κ1) is 45.6. The number of aryl methyl sites for hydroxylation is 1. The molecular formula is C41H65N9O2. The molecular weight excluding hydrogens is 651 g/mol. The van der Waals surface area contributed by atoms with Gasteiger partial charge in [-0.2, -0.15) is 10.2 Å². The molecule has 0 aromatic carbocycles. The van der Waals surface area contributed by atoms with E-state index in [0.717, 1.165) is 40.4 Å². The van der Waals surface area contributed by atoms with Crippen molar-refractivity contribution >= 4 is 0 Å². The molecule has 0 aliphatic carbocycles. The maximum Gasteiger partial charge on any atom is 0.142 e. The normalized spacial score (nSPS) is 13.2. The third kappa shape index (κ3) is 19.9. The molecule has 11 nitrogen and oxygen atoms in total. The van der Waals surface area contributed by atoms with Crippen LogP contribution in [0.5, 0.6) is 0 Å². The van der Waals surface area contributed by atoms with E-state index in [9.17, 15) is 0 Å². The summed E-state index contributed by atoms with van der Waals surface area (Å²) in [6.45, 7) is 30.1. The topological polar surface area (TPSA) is 141 Å². The smallest absolute Gasteiger partial charge is 0.142 e. The highest BCUT2D eigenvalue weighted by molar-refractivity contribution is 5.13. The zero-order valence-corrected chi connectivity index (χ0v) is 34.0. The van der Waals surface area contributed by atoms with Crippen LogP contribution >= 0.6 is 0 Å². The van der Waals surface area contributed by atoms with Crippen molar-refractivity contribution in [3.8, 4) is 0 Å². The van der Waals surface area contributed by atoms with Crippen molar-refractivity contribution in [3.63, 3.8) is 0 Å². The van der Waals surface area contributed by atoms with Crippen molar-refractivity contribution in [2.45, 2.75) is 126 Å². The molecule has 5 aromatic rings. The summed E-state index contributed by atoms with van der Waals surface area (Å²) in [5.41, 5.74) is 3.49. The summed E-state index contributed by atoms with van der Waals surface area (Å²) in [6, 6.07) is 7.62. The highest BCUT2D eigenvalue weighted by Gasteiger charge is 2.16. The molecule has 286 valence electrons. The van der Waals surface area contributed by atoms with Crippen LogP contribution in [0.2, 0.25) is 0 Å². The van der Waals surface area contributed by atoms with Crippen molar-refractivity contribution < 1.29 is 9.05 Å². The molecule has 52 heavy (non-hydrogen) atoms. The third-order valence-electron chi connectivity index (χ3n) is 7.95. The van der Waals surface area contributed by atoms with Crippen molar-refractivity contribution in [2.75, 3.05) is 13.1 Å². The van der Waals surface area contributed by atoms with Gasteiger partial charge in [0.25, 0.3) is 0 Å². The number of hydrogen-bond donors (Lipinski definition) is 1. The summed E-state index contributed by atoms with van der Waals surface area (Å²) in [7, 11) is 0. The molecule has 1 aliphatic rings. The molecule has 6 rings (SSSR count). The molecule has 1 aliphatic heterocycles. The van der Waals surface area contributed by atoms with Gasteiger partial charge in [0, 0.05) is 59.9 Å². The maximum atomic E-state index is 4.98. The Labute approximate surface area is 313 Å². The second-order valence-electron chi connectivity index (χ2n) is 14.5. The number of nitrogens with one attached hydrogen (secondary N) is 1. The van der Waals surface area contributed by atoms with Gasteiger partial charge < -0.3 is 14.4 Å². The molecule has 1 unspecified atom stereocenters. The van der Waals surface area contributed by atoms with Crippen molar-refractivity contribution in [1.29, 1.82) is 0 Å². The van der Waals surface area contributed by atoms with E-state index < -0.39 is 0 Å². The van der Waals surface area contributed by atoms with Crippen LogP contribution in [0.3, 0.4) is 0 Å². The first-order valence-corrected chi connectivity index (χ1v) is 18.6. The maximum absolute atomic E-state index is 4.98. The number of nitrogens with zero attached hydrogens (tertiary/aromatic N) is 8. The van der Waals surface area contributed by atoms with E-state index >= 15 is 0 Å². The van der Waals surface area contributed by atoms with Gasteiger partial charge in [-0.25, -0.2) is 19.9 Å². The second kappa shape index (κ2) is 26.4. The fourth-order valence-corrected chi connectivity index (χ4v) is 4.52. The van der Waals surface area contributed by atoms with Crippen LogP contribution in [0.1, 0.15) is 153 Å². The zero-order valence-electron chi connectivity index (χ0n) is 34.0. The monoisotopic (exact) mass is 716 g/mol. The van der Waals surface area contributed by atoms with Gasteiger partial charge in [0.05, 0.1) is 18.6 Å². The molecule has 5 aromatic heterocycles. The predicted molar refractivity (Wildman–Crippen MR) is 210 cm³/mol. The minimum atomic E-state index is 0.436. The third-order valence-corrected chi connectivity index (χ3v) is 7.95. The summed E-state index contributed by atoms with van der Waals surface area (Å²) in [5.74, 6) is 7.10. The average Bonchev–Trinajstić information content (AvgIpc) is 3.95. The Morgan fingerprint density at radius 3 is 1.65 bits per heavy atom. The number of rotatable bonds is 6. The number of aromatic nitrogens is 8. The van der Waals surface area contributed by atoms with Crippen LogP contribution in [0.25, 0.3) is 0 Å². The Morgan fingerprint density at radius 1 is 0.654 bits per heavy atom. The van der Waals surface area contributed by atoms with Crippen LogP contribution in [-0.2, 0) is 0 Å². The zero-order chi connectivity index (χ0) is 38.9. The fraction of sp³-hybridized carbons (Fsp3) is 0.561. The molecule has 1 N–H and O–H groups in total. The Kier molecular flexibility index (Phi) is 23.2. The molecule has 1 fully saturated rings. The molecule has 0 saturated carbocycles. The highest BCUT2D eigenvalue weighted by atomic mass is 16.5. The van der Waals surface area contributed by atoms with Gasteiger partial charge in [-0.15, -0.1) is 0 Å². The Morgan fingerprint density at radius 2 is 1.37 bits per heavy atom. The van der Waals surface area contributed by atoms with Gasteiger partial charge in [0.1, 0.15) is 23.7 Å². The molecule has 11 heteroatoms. The minimum absolute atomic E-state index is 0.436. The summed E-state index contributed by atoms with van der Waals surface area (Å²) >= 11 is 0. The summed E-state index contributed by atoms with van der Waals surface area (Å²) in [4.78, 5) is 16.0. The van der Waals surface area contributed by atoms with Crippen molar-refractivity contribution in [1.82, 2.24) is 45.8 Å². The van der Waals surface area contributed by atoms with Crippen LogP contribution in [-0.4, -0.2) is 53.5 Å². The number of hydrogen-bond acceptors (Lipinski definition) is 11. The van der Waals surface area contributed by atoms with Crippen LogP contribution in [0, 0.1) is 18.8 Å². The summed E-state index contributed by atoms with van der Waals surface area (Å²) in [5, 5.41) is 18.0. The van der Waals surface area contributed by atoms with Gasteiger partial charge >= 0.3 is 0 Å². The molecule has 0 spiro atoms. The Hall–Kier alpha value is -4.38. The van der Waals surface area contributed by atoms with Crippen LogP contribution in [0.15, 0.2) is 83.0 Å². The Balaban J connectivity index is 0.000000312. The average molecular weight is 716 g/mol. The van der Waals surface area contributed by atoms with Gasteiger partial charge in [-0.3, -0.25) is 0 Å². The molecule has 1 saturated heterocycles. The molecule has 1 atom stereocenters. The van der Waals surface area contributed by atoms with Crippen molar-refractivity contribution in [3.05, 3.63) is 108 Å². The SMILES string of the molecule is CC(C)C1CCNC1.CC(C)c1ccncn1.CC(C)c1ccnnc1.CC(C)c1ccno1.CC(C)c1ncccn1.Cc1cnoc1C(C)C. The second-order valence-corrected chi connectivity index (χ2v) is 14.5. The lowest BCUT2D eigenvalue weighted by molar-refractivity contribution is 0.370. The van der Waals surface area contributed by atoms with Gasteiger partial charge in [-0.1, -0.05) is 93.4 Å². The highest BCUT2D eigenvalue weighted by Crippen LogP contribution is 2.18. The molecule has 6 heterocycles. The fourth-order valence-electron chi connectivity index (χ4n) is 4.52. The van der Waals surface area contributed by atoms with Crippen molar-refractivity contribution in [2.24, 2.45) is 11.8 Å². The van der Waals surface area contributed by atoms with E-state index in [1.54, 1.807) is 49.7 Å². The largest absolute Gasteiger partial charge is 0.361 e. The first-order valence-electron chi connectivity index (χ1n) is 18.6. The Bertz CT molecular complexity index is 1400. The lowest BCUT2D eigenvalue weighted by Gasteiger charge is -2.10. The van der Waals surface area contributed by atoms with Crippen LogP contribution in [0.4, 0.5) is 0 Å². The van der Waals surface area contributed by atoms with E-state index in [0.29, 0.717) is 29.6 Å². The molecule has 0 bridgehead atoms. The van der Waals surface area contributed by atoms with E-state index in [2.05, 4.69) is 129 Å². The minimum Gasteiger partial charge on any atom is -0.361 e. The predicted octanol–water partition coefficient (Wildman–Crippen LogP) is 9.96. The van der Waals surface area contributed by atoms with E-state index in [-0.39, 0.29) is 0 Å². The van der Waals surface area contributed by atoms with Gasteiger partial charge in [-0.05, 0) is 73.9 Å². The van der Waals surface area contributed by atoms with Gasteiger partial charge in [0.2, 0.25) is 0 Å². The standard InChI is InChI=1S/3C7H10N2.C7H11NO.C7H15N.C6H9NO/c1-6(2)7-3-4-8-5-9-7;1-6(2)7-3-4-8-9-5-7;1-6(2)7-8-4-3-5-9-7;1-5(2)7-6(3)4-8-9-7;1-6(2)7-3-4-8-5-7;1-5(2)6-3-4-7-8-6/h3*3-6H,1-2H3;4-5H,1-3H3;6-8H,3-5H2,1-2H3;3-5H,1-2H3. The molecule has 0 radical (unpaired) electrons. The van der Waals surface area contributed by atoms with E-state index in [4.69, 9.17) is 9.05 Å². The lowest BCUT2D eigenvalue weighted by Crippen LogP contribution is -2.12.